The zero-order valence-electron chi connectivity index (χ0n) is 11.1. The molecule has 1 atom stereocenters. The molecular weight excluding hydrogens is 244 g/mol. The summed E-state index contributed by atoms with van der Waals surface area (Å²) >= 11 is 0. The second-order valence-corrected chi connectivity index (χ2v) is 5.23. The molecule has 1 aliphatic heterocycles. The van der Waals surface area contributed by atoms with Gasteiger partial charge in [0.15, 0.2) is 0 Å². The largest absolute Gasteiger partial charge is 0.478 e. The van der Waals surface area contributed by atoms with Gasteiger partial charge in [0.1, 0.15) is 0 Å². The summed E-state index contributed by atoms with van der Waals surface area (Å²) in [6.45, 7) is 4.65. The van der Waals surface area contributed by atoms with Crippen LogP contribution in [0, 0.1) is 11.8 Å². The van der Waals surface area contributed by atoms with E-state index in [9.17, 15) is 9.59 Å². The standard InChI is InChI=1S/C14H18N2O3/c1-8(2)6-9-7-15-11-5-3-4-10(14(18)19)12(11)16-13(9)17/h3-5,8-9,15H,6-7H2,1-2H3,(H,16,17)(H,18,19). The SMILES string of the molecule is CC(C)CC1CNc2cccc(C(=O)O)c2NC1=O. The fraction of sp³-hybridized carbons (Fsp3) is 0.429. The lowest BCUT2D eigenvalue weighted by atomic mass is 9.96. The first kappa shape index (κ1) is 13.4. The summed E-state index contributed by atoms with van der Waals surface area (Å²) < 4.78 is 0. The van der Waals surface area contributed by atoms with Crippen molar-refractivity contribution in [3.8, 4) is 0 Å². The van der Waals surface area contributed by atoms with Gasteiger partial charge in [0.05, 0.1) is 22.9 Å². The highest BCUT2D eigenvalue weighted by molar-refractivity contribution is 6.05. The van der Waals surface area contributed by atoms with E-state index in [1.54, 1.807) is 12.1 Å². The molecule has 2 rings (SSSR count). The molecular formula is C14H18N2O3. The van der Waals surface area contributed by atoms with Crippen molar-refractivity contribution in [1.82, 2.24) is 0 Å². The van der Waals surface area contributed by atoms with Gasteiger partial charge in [-0.25, -0.2) is 4.79 Å². The van der Waals surface area contributed by atoms with Crippen LogP contribution in [0.1, 0.15) is 30.6 Å². The molecule has 0 aliphatic carbocycles. The Morgan fingerprint density at radius 1 is 1.47 bits per heavy atom. The number of nitrogens with one attached hydrogen (secondary N) is 2. The molecule has 0 fully saturated rings. The normalized spacial score (nSPS) is 18.3. The average molecular weight is 262 g/mol. The number of rotatable bonds is 3. The number of hydrogen-bond acceptors (Lipinski definition) is 3. The Bertz CT molecular complexity index is 511. The molecule has 1 heterocycles. The maximum Gasteiger partial charge on any atom is 0.337 e. The van der Waals surface area contributed by atoms with Crippen molar-refractivity contribution < 1.29 is 14.7 Å². The molecule has 5 heteroatoms. The third kappa shape index (κ3) is 2.86. The maximum absolute atomic E-state index is 12.1. The van der Waals surface area contributed by atoms with E-state index in [1.165, 1.54) is 6.07 Å². The topological polar surface area (TPSA) is 78.4 Å². The van der Waals surface area contributed by atoms with Gasteiger partial charge in [0.25, 0.3) is 0 Å². The first-order valence-corrected chi connectivity index (χ1v) is 6.40. The molecule has 1 amide bonds. The van der Waals surface area contributed by atoms with Crippen molar-refractivity contribution in [2.45, 2.75) is 20.3 Å². The Morgan fingerprint density at radius 3 is 2.84 bits per heavy atom. The number of carboxylic acid groups (broad SMARTS) is 1. The minimum Gasteiger partial charge on any atom is -0.478 e. The van der Waals surface area contributed by atoms with Gasteiger partial charge >= 0.3 is 5.97 Å². The summed E-state index contributed by atoms with van der Waals surface area (Å²) in [6.07, 6.45) is 0.773. The summed E-state index contributed by atoms with van der Waals surface area (Å²) in [5.41, 5.74) is 1.15. The first-order chi connectivity index (χ1) is 8.99. The van der Waals surface area contributed by atoms with Crippen molar-refractivity contribution >= 4 is 23.3 Å². The van der Waals surface area contributed by atoms with Crippen LogP contribution in [0.4, 0.5) is 11.4 Å². The van der Waals surface area contributed by atoms with E-state index < -0.39 is 5.97 Å². The Labute approximate surface area is 112 Å². The number of para-hydroxylation sites is 1. The highest BCUT2D eigenvalue weighted by Gasteiger charge is 2.26. The molecule has 0 radical (unpaired) electrons. The van der Waals surface area contributed by atoms with Gasteiger partial charge in [-0.15, -0.1) is 0 Å². The summed E-state index contributed by atoms with van der Waals surface area (Å²) in [5, 5.41) is 15.1. The Kier molecular flexibility index (Phi) is 3.74. The van der Waals surface area contributed by atoms with Gasteiger partial charge in [-0.2, -0.15) is 0 Å². The molecule has 1 aromatic carbocycles. The highest BCUT2D eigenvalue weighted by atomic mass is 16.4. The molecule has 1 aliphatic rings. The molecule has 102 valence electrons. The van der Waals surface area contributed by atoms with Crippen LogP contribution in [0.25, 0.3) is 0 Å². The number of carbonyl (C=O) groups excluding carboxylic acids is 1. The van der Waals surface area contributed by atoms with Crippen molar-refractivity contribution in [3.63, 3.8) is 0 Å². The van der Waals surface area contributed by atoms with Crippen LogP contribution >= 0.6 is 0 Å². The molecule has 0 bridgehead atoms. The fourth-order valence-electron chi connectivity index (χ4n) is 2.32. The molecule has 0 aromatic heterocycles. The van der Waals surface area contributed by atoms with Crippen molar-refractivity contribution in [2.75, 3.05) is 17.2 Å². The summed E-state index contributed by atoms with van der Waals surface area (Å²) in [7, 11) is 0. The number of aromatic carboxylic acids is 1. The van der Waals surface area contributed by atoms with Crippen molar-refractivity contribution in [1.29, 1.82) is 0 Å². The van der Waals surface area contributed by atoms with Gasteiger partial charge in [0, 0.05) is 6.54 Å². The van der Waals surface area contributed by atoms with E-state index in [1.807, 2.05) is 0 Å². The number of benzene rings is 1. The smallest absolute Gasteiger partial charge is 0.337 e. The van der Waals surface area contributed by atoms with E-state index in [0.717, 1.165) is 6.42 Å². The van der Waals surface area contributed by atoms with Crippen LogP contribution in [0.15, 0.2) is 18.2 Å². The summed E-state index contributed by atoms with van der Waals surface area (Å²) in [5.74, 6) is -0.887. The fourth-order valence-corrected chi connectivity index (χ4v) is 2.32. The molecule has 1 unspecified atom stereocenters. The van der Waals surface area contributed by atoms with Crippen LogP contribution in [-0.2, 0) is 4.79 Å². The zero-order valence-corrected chi connectivity index (χ0v) is 11.1. The van der Waals surface area contributed by atoms with Gasteiger partial charge in [0.2, 0.25) is 5.91 Å². The molecule has 1 aromatic rings. The molecule has 3 N–H and O–H groups in total. The van der Waals surface area contributed by atoms with Crippen molar-refractivity contribution in [3.05, 3.63) is 23.8 Å². The second kappa shape index (κ2) is 5.30. The molecule has 0 spiro atoms. The van der Waals surface area contributed by atoms with Crippen LogP contribution in [0.2, 0.25) is 0 Å². The monoisotopic (exact) mass is 262 g/mol. The quantitative estimate of drug-likeness (QED) is 0.781. The lowest BCUT2D eigenvalue weighted by molar-refractivity contribution is -0.119. The third-order valence-corrected chi connectivity index (χ3v) is 3.21. The van der Waals surface area contributed by atoms with E-state index in [2.05, 4.69) is 24.5 Å². The average Bonchev–Trinajstić information content (AvgIpc) is 2.48. The predicted octanol–water partition coefficient (Wildman–Crippen LogP) is 2.41. The van der Waals surface area contributed by atoms with E-state index in [-0.39, 0.29) is 17.4 Å². The highest BCUT2D eigenvalue weighted by Crippen LogP contribution is 2.30. The van der Waals surface area contributed by atoms with Crippen LogP contribution in [-0.4, -0.2) is 23.5 Å². The van der Waals surface area contributed by atoms with Crippen LogP contribution in [0.5, 0.6) is 0 Å². The number of hydrogen-bond donors (Lipinski definition) is 3. The number of fused-ring (bicyclic) bond motifs is 1. The Hall–Kier alpha value is -2.04. The van der Waals surface area contributed by atoms with E-state index in [4.69, 9.17) is 5.11 Å². The summed E-state index contributed by atoms with van der Waals surface area (Å²) in [6, 6.07) is 4.94. The van der Waals surface area contributed by atoms with Crippen LogP contribution in [0.3, 0.4) is 0 Å². The minimum atomic E-state index is -1.04. The molecule has 5 nitrogen and oxygen atoms in total. The van der Waals surface area contributed by atoms with Gasteiger partial charge in [-0.05, 0) is 24.5 Å². The minimum absolute atomic E-state index is 0.114. The molecule has 0 saturated heterocycles. The van der Waals surface area contributed by atoms with Crippen molar-refractivity contribution in [2.24, 2.45) is 11.8 Å². The molecule has 0 saturated carbocycles. The number of amides is 1. The number of carboxylic acids is 1. The lowest BCUT2D eigenvalue weighted by Gasteiger charge is -2.15. The summed E-state index contributed by atoms with van der Waals surface area (Å²) in [4.78, 5) is 23.3. The first-order valence-electron chi connectivity index (χ1n) is 6.40. The van der Waals surface area contributed by atoms with E-state index in [0.29, 0.717) is 23.8 Å². The second-order valence-electron chi connectivity index (χ2n) is 5.23. The van der Waals surface area contributed by atoms with E-state index >= 15 is 0 Å². The van der Waals surface area contributed by atoms with Crippen LogP contribution < -0.4 is 10.6 Å². The lowest BCUT2D eigenvalue weighted by Crippen LogP contribution is -2.27. The van der Waals surface area contributed by atoms with Gasteiger partial charge in [-0.1, -0.05) is 19.9 Å². The predicted molar refractivity (Wildman–Crippen MR) is 73.5 cm³/mol. The zero-order chi connectivity index (χ0) is 14.0. The maximum atomic E-state index is 12.1. The number of anilines is 2. The number of carbonyl (C=O) groups is 2. The third-order valence-electron chi connectivity index (χ3n) is 3.21. The molecule has 19 heavy (non-hydrogen) atoms. The van der Waals surface area contributed by atoms with Gasteiger partial charge < -0.3 is 15.7 Å². The Balaban J connectivity index is 2.31. The van der Waals surface area contributed by atoms with Gasteiger partial charge in [-0.3, -0.25) is 4.79 Å². The Morgan fingerprint density at radius 2 is 2.21 bits per heavy atom.